The molecule has 4 rings (SSSR count). The molecule has 6 heteroatoms. The Labute approximate surface area is 208 Å². The van der Waals surface area contributed by atoms with Crippen molar-refractivity contribution in [2.75, 3.05) is 13.2 Å². The molecule has 0 saturated heterocycles. The van der Waals surface area contributed by atoms with Gasteiger partial charge >= 0.3 is 0 Å². The average Bonchev–Trinajstić information content (AvgIpc) is 3.49. The number of carbonyl (C=O) groups is 2. The summed E-state index contributed by atoms with van der Waals surface area (Å²) in [5.41, 5.74) is 2.11. The van der Waals surface area contributed by atoms with Gasteiger partial charge in [-0.2, -0.15) is 0 Å². The molecule has 0 saturated carbocycles. The van der Waals surface area contributed by atoms with E-state index < -0.39 is 0 Å². The van der Waals surface area contributed by atoms with Crippen LogP contribution in [-0.4, -0.2) is 35.0 Å². The van der Waals surface area contributed by atoms with Crippen LogP contribution in [0.3, 0.4) is 0 Å². The summed E-state index contributed by atoms with van der Waals surface area (Å²) in [7, 11) is 0. The van der Waals surface area contributed by atoms with Crippen LogP contribution in [-0.2, 0) is 0 Å². The number of hydrogen-bond donors (Lipinski definition) is 2. The van der Waals surface area contributed by atoms with Crippen molar-refractivity contribution in [1.29, 1.82) is 0 Å². The van der Waals surface area contributed by atoms with Crippen molar-refractivity contribution in [3.8, 4) is 0 Å². The minimum absolute atomic E-state index is 0.0319. The summed E-state index contributed by atoms with van der Waals surface area (Å²) >= 11 is 2.99. The molecule has 0 aliphatic rings. The number of hydrogen-bond acceptors (Lipinski definition) is 6. The van der Waals surface area contributed by atoms with Crippen molar-refractivity contribution >= 4 is 66.6 Å². The number of ketones is 2. The van der Waals surface area contributed by atoms with Crippen LogP contribution in [0.15, 0.2) is 48.5 Å². The molecule has 0 radical (unpaired) electrons. The summed E-state index contributed by atoms with van der Waals surface area (Å²) in [6.07, 6.45) is 5.83. The highest BCUT2D eigenvalue weighted by Gasteiger charge is 2.11. The van der Waals surface area contributed by atoms with Crippen molar-refractivity contribution in [3.63, 3.8) is 0 Å². The number of fused-ring (bicyclic) bond motifs is 2. The third-order valence-electron chi connectivity index (χ3n) is 5.23. The maximum atomic E-state index is 12.2. The lowest BCUT2D eigenvalue weighted by atomic mass is 10.1. The lowest BCUT2D eigenvalue weighted by Gasteiger charge is -1.96. The monoisotopic (exact) mass is 494 g/mol. The second-order valence-electron chi connectivity index (χ2n) is 7.65. The van der Waals surface area contributed by atoms with Crippen LogP contribution in [0.1, 0.15) is 70.0 Å². The SMILES string of the molecule is CC.O=C(CCCO)c1cc2ccc(/C=C\c3ccc4cc(C(=O)CCCO)sc4c3)cc2s1. The van der Waals surface area contributed by atoms with Gasteiger partial charge in [0.1, 0.15) is 0 Å². The van der Waals surface area contributed by atoms with E-state index in [1.54, 1.807) is 0 Å². The summed E-state index contributed by atoms with van der Waals surface area (Å²) in [4.78, 5) is 25.9. The van der Waals surface area contributed by atoms with Crippen LogP contribution in [0, 0.1) is 0 Å². The number of carbonyl (C=O) groups excluding carboxylic acids is 2. The third-order valence-corrected chi connectivity index (χ3v) is 7.51. The molecule has 34 heavy (non-hydrogen) atoms. The van der Waals surface area contributed by atoms with Gasteiger partial charge in [-0.25, -0.2) is 0 Å². The van der Waals surface area contributed by atoms with Gasteiger partial charge in [0, 0.05) is 35.5 Å². The molecule has 0 atom stereocenters. The largest absolute Gasteiger partial charge is 0.396 e. The molecule has 0 amide bonds. The Morgan fingerprint density at radius 1 is 0.706 bits per heavy atom. The minimum Gasteiger partial charge on any atom is -0.396 e. The van der Waals surface area contributed by atoms with Crippen molar-refractivity contribution in [2.24, 2.45) is 0 Å². The highest BCUT2D eigenvalue weighted by molar-refractivity contribution is 7.21. The first-order chi connectivity index (χ1) is 16.6. The van der Waals surface area contributed by atoms with Crippen LogP contribution in [0.5, 0.6) is 0 Å². The Balaban J connectivity index is 0.00000158. The normalized spacial score (nSPS) is 11.2. The zero-order chi connectivity index (χ0) is 24.5. The van der Waals surface area contributed by atoms with E-state index in [0.29, 0.717) is 25.7 Å². The molecule has 0 unspecified atom stereocenters. The standard InChI is InChI=1S/C26H24O4S2.C2H6/c27-11-1-3-21(29)25-15-19-9-7-17(13-23(19)31-25)5-6-18-8-10-20-16-26(32-24(20)14-18)22(30)4-2-12-28;1-2/h5-10,13-16,27-28H,1-4,11-12H2;1-2H3/b6-5-;. The van der Waals surface area contributed by atoms with E-state index in [0.717, 1.165) is 41.1 Å². The van der Waals surface area contributed by atoms with Gasteiger partial charge in [0.2, 0.25) is 0 Å². The molecule has 0 fully saturated rings. The molecular weight excluding hydrogens is 464 g/mol. The number of benzene rings is 2. The first-order valence-electron chi connectivity index (χ1n) is 11.6. The third kappa shape index (κ3) is 6.48. The lowest BCUT2D eigenvalue weighted by molar-refractivity contribution is 0.0968. The highest BCUT2D eigenvalue weighted by atomic mass is 32.1. The Bertz CT molecular complexity index is 1200. The van der Waals surface area contributed by atoms with Crippen molar-refractivity contribution in [1.82, 2.24) is 0 Å². The molecule has 0 aliphatic heterocycles. The van der Waals surface area contributed by atoms with Gasteiger partial charge in [-0.05, 0) is 59.0 Å². The summed E-state index contributed by atoms with van der Waals surface area (Å²) < 4.78 is 2.14. The average molecular weight is 495 g/mol. The van der Waals surface area contributed by atoms with Crippen LogP contribution in [0.25, 0.3) is 32.3 Å². The van der Waals surface area contributed by atoms with Gasteiger partial charge in [-0.1, -0.05) is 50.3 Å². The zero-order valence-electron chi connectivity index (χ0n) is 19.5. The van der Waals surface area contributed by atoms with Crippen molar-refractivity contribution in [3.05, 3.63) is 69.4 Å². The highest BCUT2D eigenvalue weighted by Crippen LogP contribution is 2.30. The smallest absolute Gasteiger partial charge is 0.172 e. The van der Waals surface area contributed by atoms with E-state index in [1.807, 2.05) is 50.2 Å². The van der Waals surface area contributed by atoms with Gasteiger partial charge in [0.25, 0.3) is 0 Å². The number of rotatable bonds is 10. The lowest BCUT2D eigenvalue weighted by Crippen LogP contribution is -1.96. The molecule has 0 aliphatic carbocycles. The second-order valence-corrected chi connectivity index (χ2v) is 9.82. The number of thiophene rings is 2. The molecule has 4 nitrogen and oxygen atoms in total. The van der Waals surface area contributed by atoms with E-state index in [2.05, 4.69) is 24.3 Å². The summed E-state index contributed by atoms with van der Waals surface area (Å²) in [6.45, 7) is 4.06. The Hall–Kier alpha value is -2.64. The molecule has 2 aromatic heterocycles. The molecular formula is C28H30O4S2. The van der Waals surface area contributed by atoms with Crippen LogP contribution < -0.4 is 0 Å². The van der Waals surface area contributed by atoms with E-state index in [9.17, 15) is 9.59 Å². The molecule has 178 valence electrons. The summed E-state index contributed by atoms with van der Waals surface area (Å²) in [6, 6.07) is 16.2. The van der Waals surface area contributed by atoms with Crippen LogP contribution in [0.4, 0.5) is 0 Å². The fourth-order valence-electron chi connectivity index (χ4n) is 3.50. The van der Waals surface area contributed by atoms with Gasteiger partial charge in [-0.3, -0.25) is 9.59 Å². The minimum atomic E-state index is 0.0319. The van der Waals surface area contributed by atoms with E-state index in [-0.39, 0.29) is 24.8 Å². The first-order valence-corrected chi connectivity index (χ1v) is 13.2. The topological polar surface area (TPSA) is 74.6 Å². The molecule has 0 bridgehead atoms. The molecule has 4 aromatic rings. The Morgan fingerprint density at radius 2 is 1.12 bits per heavy atom. The van der Waals surface area contributed by atoms with Gasteiger partial charge in [0.05, 0.1) is 9.75 Å². The summed E-state index contributed by atoms with van der Waals surface area (Å²) in [5, 5.41) is 20.0. The maximum absolute atomic E-state index is 12.2. The predicted molar refractivity (Wildman–Crippen MR) is 145 cm³/mol. The van der Waals surface area contributed by atoms with Crippen molar-refractivity contribution < 1.29 is 19.8 Å². The van der Waals surface area contributed by atoms with Gasteiger partial charge < -0.3 is 10.2 Å². The van der Waals surface area contributed by atoms with Gasteiger partial charge in [0.15, 0.2) is 11.6 Å². The van der Waals surface area contributed by atoms with Crippen LogP contribution >= 0.6 is 22.7 Å². The second kappa shape index (κ2) is 12.7. The van der Waals surface area contributed by atoms with E-state index in [4.69, 9.17) is 10.2 Å². The van der Waals surface area contributed by atoms with E-state index in [1.165, 1.54) is 22.7 Å². The molecule has 2 N–H and O–H groups in total. The molecule has 2 heterocycles. The Kier molecular flexibility index (Phi) is 9.72. The quantitative estimate of drug-likeness (QED) is 0.180. The van der Waals surface area contributed by atoms with Crippen LogP contribution in [0.2, 0.25) is 0 Å². The van der Waals surface area contributed by atoms with Gasteiger partial charge in [-0.15, -0.1) is 22.7 Å². The predicted octanol–water partition coefficient (Wildman–Crippen LogP) is 7.22. The summed E-state index contributed by atoms with van der Waals surface area (Å²) in [5.74, 6) is 0.159. The molecule has 0 spiro atoms. The number of aliphatic hydroxyl groups is 2. The fourth-order valence-corrected chi connectivity index (χ4v) is 5.65. The number of Topliss-reactive ketones (excluding diaryl/α,β-unsaturated/α-hetero) is 2. The Morgan fingerprint density at radius 3 is 1.50 bits per heavy atom. The molecule has 2 aromatic carbocycles. The first kappa shape index (κ1) is 26.0. The fraction of sp³-hybridized carbons (Fsp3) is 0.286. The number of aliphatic hydroxyl groups excluding tert-OH is 2. The van der Waals surface area contributed by atoms with E-state index >= 15 is 0 Å². The van der Waals surface area contributed by atoms with Crippen molar-refractivity contribution in [2.45, 2.75) is 39.5 Å². The zero-order valence-corrected chi connectivity index (χ0v) is 21.2. The maximum Gasteiger partial charge on any atom is 0.172 e.